The van der Waals surface area contributed by atoms with Crippen LogP contribution in [0.25, 0.3) is 11.1 Å². The number of carbonyl (C=O) groups excluding carboxylic acids is 1. The first-order valence-corrected chi connectivity index (χ1v) is 11.9. The zero-order valence-corrected chi connectivity index (χ0v) is 17.6. The molecule has 1 aliphatic heterocycles. The van der Waals surface area contributed by atoms with Crippen molar-refractivity contribution in [3.8, 4) is 11.1 Å². The second-order valence-corrected chi connectivity index (χ2v) is 9.97. The standard InChI is InChI=1S/C22H24F2N2O3S/c1-13-20(25-30(2,28)29)10-11-26(13)22(27)17-12-16(17)14-6-3-4-7-15(14)21-18(23)8-5-9-19(21)24/h3-9,13,16-17,20,25H,10-12H2,1-2H3/t13?,16-,17+,20-/m0/s1. The van der Waals surface area contributed by atoms with Crippen molar-refractivity contribution in [2.24, 2.45) is 5.92 Å². The van der Waals surface area contributed by atoms with Crippen LogP contribution >= 0.6 is 0 Å². The molecular weight excluding hydrogens is 410 g/mol. The van der Waals surface area contributed by atoms with E-state index in [2.05, 4.69) is 4.72 Å². The first-order chi connectivity index (χ1) is 14.2. The summed E-state index contributed by atoms with van der Waals surface area (Å²) in [6.07, 6.45) is 2.29. The fraction of sp³-hybridized carbons (Fsp3) is 0.409. The van der Waals surface area contributed by atoms with Crippen LogP contribution in [0.2, 0.25) is 0 Å². The van der Waals surface area contributed by atoms with Crippen molar-refractivity contribution in [2.45, 2.75) is 37.8 Å². The highest BCUT2D eigenvalue weighted by Gasteiger charge is 2.49. The van der Waals surface area contributed by atoms with Gasteiger partial charge in [0.05, 0.1) is 11.8 Å². The van der Waals surface area contributed by atoms with Crippen LogP contribution in [-0.4, -0.2) is 44.1 Å². The van der Waals surface area contributed by atoms with E-state index in [4.69, 9.17) is 0 Å². The minimum Gasteiger partial charge on any atom is -0.338 e. The van der Waals surface area contributed by atoms with Gasteiger partial charge in [0.1, 0.15) is 11.6 Å². The maximum absolute atomic E-state index is 14.4. The third kappa shape index (κ3) is 3.98. The minimum absolute atomic E-state index is 0.0332. The summed E-state index contributed by atoms with van der Waals surface area (Å²) in [6.45, 7) is 2.33. The summed E-state index contributed by atoms with van der Waals surface area (Å²) in [4.78, 5) is 14.8. The third-order valence-electron chi connectivity index (χ3n) is 6.10. The van der Waals surface area contributed by atoms with Crippen molar-refractivity contribution >= 4 is 15.9 Å². The van der Waals surface area contributed by atoms with Crippen LogP contribution in [0.1, 0.15) is 31.2 Å². The zero-order chi connectivity index (χ0) is 21.6. The van der Waals surface area contributed by atoms with Crippen LogP contribution in [0.15, 0.2) is 42.5 Å². The molecule has 0 radical (unpaired) electrons. The van der Waals surface area contributed by atoms with Crippen molar-refractivity contribution in [1.82, 2.24) is 9.62 Å². The summed E-state index contributed by atoms with van der Waals surface area (Å²) in [5.41, 5.74) is 1.16. The van der Waals surface area contributed by atoms with E-state index in [1.165, 1.54) is 18.2 Å². The lowest BCUT2D eigenvalue weighted by Gasteiger charge is -2.25. The number of sulfonamides is 1. The topological polar surface area (TPSA) is 66.5 Å². The van der Waals surface area contributed by atoms with Crippen LogP contribution in [0.5, 0.6) is 0 Å². The maximum Gasteiger partial charge on any atom is 0.226 e. The lowest BCUT2D eigenvalue weighted by Crippen LogP contribution is -2.45. The van der Waals surface area contributed by atoms with E-state index < -0.39 is 21.7 Å². The molecule has 1 amide bonds. The molecule has 1 N–H and O–H groups in total. The zero-order valence-electron chi connectivity index (χ0n) is 16.8. The van der Waals surface area contributed by atoms with E-state index in [-0.39, 0.29) is 35.4 Å². The molecule has 1 heterocycles. The predicted octanol–water partition coefficient (Wildman–Crippen LogP) is 3.27. The van der Waals surface area contributed by atoms with Gasteiger partial charge in [-0.05, 0) is 48.9 Å². The van der Waals surface area contributed by atoms with E-state index in [0.29, 0.717) is 24.9 Å². The molecule has 0 bridgehead atoms. The van der Waals surface area contributed by atoms with Gasteiger partial charge in [0.2, 0.25) is 15.9 Å². The van der Waals surface area contributed by atoms with Crippen molar-refractivity contribution < 1.29 is 22.0 Å². The lowest BCUT2D eigenvalue weighted by molar-refractivity contribution is -0.133. The second kappa shape index (κ2) is 7.74. The van der Waals surface area contributed by atoms with Gasteiger partial charge in [-0.25, -0.2) is 21.9 Å². The molecule has 2 aliphatic rings. The Kier molecular flexibility index (Phi) is 5.40. The molecular formula is C22H24F2N2O3S. The van der Waals surface area contributed by atoms with Crippen LogP contribution in [0.3, 0.4) is 0 Å². The molecule has 160 valence electrons. The minimum atomic E-state index is -3.35. The predicted molar refractivity (Wildman–Crippen MR) is 110 cm³/mol. The maximum atomic E-state index is 14.4. The molecule has 4 atom stereocenters. The van der Waals surface area contributed by atoms with Gasteiger partial charge in [-0.3, -0.25) is 4.79 Å². The molecule has 2 aromatic carbocycles. The van der Waals surface area contributed by atoms with Gasteiger partial charge in [0.25, 0.3) is 0 Å². The summed E-state index contributed by atoms with van der Waals surface area (Å²) in [5.74, 6) is -1.67. The number of nitrogens with zero attached hydrogens (tertiary/aromatic N) is 1. The smallest absolute Gasteiger partial charge is 0.226 e. The van der Waals surface area contributed by atoms with E-state index >= 15 is 0 Å². The summed E-state index contributed by atoms with van der Waals surface area (Å²) < 4.78 is 54.4. The molecule has 8 heteroatoms. The quantitative estimate of drug-likeness (QED) is 0.786. The van der Waals surface area contributed by atoms with E-state index in [0.717, 1.165) is 11.8 Å². The molecule has 0 spiro atoms. The SMILES string of the molecule is CC1[C@@H](NS(C)(=O)=O)CCN1C(=O)[C@@H]1C[C@H]1c1ccccc1-c1c(F)cccc1F. The van der Waals surface area contributed by atoms with Crippen molar-refractivity contribution in [1.29, 1.82) is 0 Å². The van der Waals surface area contributed by atoms with Gasteiger partial charge >= 0.3 is 0 Å². The molecule has 1 aliphatic carbocycles. The number of halogens is 2. The highest BCUT2D eigenvalue weighted by molar-refractivity contribution is 7.88. The van der Waals surface area contributed by atoms with E-state index in [9.17, 15) is 22.0 Å². The van der Waals surface area contributed by atoms with Crippen LogP contribution < -0.4 is 4.72 Å². The van der Waals surface area contributed by atoms with E-state index in [1.807, 2.05) is 19.1 Å². The Balaban J connectivity index is 1.54. The molecule has 30 heavy (non-hydrogen) atoms. The molecule has 0 aromatic heterocycles. The number of rotatable bonds is 5. The molecule has 1 saturated heterocycles. The Morgan fingerprint density at radius 3 is 2.43 bits per heavy atom. The first kappa shape index (κ1) is 20.9. The molecule has 1 unspecified atom stereocenters. The molecule has 2 fully saturated rings. The normalized spacial score (nSPS) is 26.1. The average Bonchev–Trinajstić information content (AvgIpc) is 3.39. The average molecular weight is 435 g/mol. The van der Waals surface area contributed by atoms with Crippen molar-refractivity contribution in [3.63, 3.8) is 0 Å². The van der Waals surface area contributed by atoms with Gasteiger partial charge in [0, 0.05) is 24.5 Å². The Morgan fingerprint density at radius 2 is 1.77 bits per heavy atom. The van der Waals surface area contributed by atoms with Gasteiger partial charge in [0.15, 0.2) is 0 Å². The van der Waals surface area contributed by atoms with E-state index in [1.54, 1.807) is 17.0 Å². The summed E-state index contributed by atoms with van der Waals surface area (Å²) in [7, 11) is -3.35. The Labute approximate surface area is 175 Å². The summed E-state index contributed by atoms with van der Waals surface area (Å²) >= 11 is 0. The second-order valence-electron chi connectivity index (χ2n) is 8.19. The summed E-state index contributed by atoms with van der Waals surface area (Å²) in [6, 6.07) is 10.3. The summed E-state index contributed by atoms with van der Waals surface area (Å²) in [5, 5.41) is 0. The molecule has 1 saturated carbocycles. The number of hydrogen-bond donors (Lipinski definition) is 1. The highest BCUT2D eigenvalue weighted by atomic mass is 32.2. The van der Waals surface area contributed by atoms with Gasteiger partial charge in [-0.2, -0.15) is 0 Å². The third-order valence-corrected chi connectivity index (χ3v) is 6.83. The number of likely N-dealkylation sites (tertiary alicyclic amines) is 1. The molecule has 4 rings (SSSR count). The largest absolute Gasteiger partial charge is 0.338 e. The Hall–Kier alpha value is -2.32. The Bertz CT molecular complexity index is 1070. The monoisotopic (exact) mass is 434 g/mol. The first-order valence-electron chi connectivity index (χ1n) is 9.98. The number of amides is 1. The number of hydrogen-bond acceptors (Lipinski definition) is 3. The van der Waals surface area contributed by atoms with Gasteiger partial charge in [-0.15, -0.1) is 0 Å². The fourth-order valence-corrected chi connectivity index (χ4v) is 5.38. The van der Waals surface area contributed by atoms with Crippen molar-refractivity contribution in [2.75, 3.05) is 12.8 Å². The lowest BCUT2D eigenvalue weighted by atomic mass is 9.95. The number of benzene rings is 2. The highest BCUT2D eigenvalue weighted by Crippen LogP contribution is 2.52. The van der Waals surface area contributed by atoms with Crippen LogP contribution in [-0.2, 0) is 14.8 Å². The number of nitrogens with one attached hydrogen (secondary N) is 1. The Morgan fingerprint density at radius 1 is 1.10 bits per heavy atom. The van der Waals surface area contributed by atoms with Gasteiger partial charge < -0.3 is 4.90 Å². The van der Waals surface area contributed by atoms with Crippen LogP contribution in [0.4, 0.5) is 8.78 Å². The molecule has 5 nitrogen and oxygen atoms in total. The van der Waals surface area contributed by atoms with Crippen molar-refractivity contribution in [3.05, 3.63) is 59.7 Å². The molecule has 2 aromatic rings. The van der Waals surface area contributed by atoms with Gasteiger partial charge in [-0.1, -0.05) is 30.3 Å². The number of carbonyl (C=O) groups is 1. The van der Waals surface area contributed by atoms with Crippen LogP contribution in [0, 0.1) is 17.6 Å². The fourth-order valence-electron chi connectivity index (χ4n) is 4.51.